The maximum absolute atomic E-state index is 12.6. The quantitative estimate of drug-likeness (QED) is 0.327. The van der Waals surface area contributed by atoms with Crippen molar-refractivity contribution in [3.05, 3.63) is 61.9 Å². The number of hydrogen-bond donors (Lipinski definition) is 1. The van der Waals surface area contributed by atoms with E-state index >= 15 is 0 Å². The first-order chi connectivity index (χ1) is 15.1. The summed E-state index contributed by atoms with van der Waals surface area (Å²) >= 11 is 8.93. The van der Waals surface area contributed by atoms with Gasteiger partial charge in [0.1, 0.15) is 21.7 Å². The van der Waals surface area contributed by atoms with Crippen LogP contribution >= 0.6 is 34.3 Å². The number of aryl methyl sites for hydroxylation is 1. The van der Waals surface area contributed by atoms with Gasteiger partial charge in [0.25, 0.3) is 0 Å². The van der Waals surface area contributed by atoms with Crippen LogP contribution in [0.2, 0.25) is 5.02 Å². The number of benzene rings is 1. The lowest BCUT2D eigenvalue weighted by Crippen LogP contribution is -2.10. The molecule has 1 aliphatic carbocycles. The van der Waals surface area contributed by atoms with Crippen molar-refractivity contribution in [2.75, 3.05) is 11.9 Å². The molecule has 0 aliphatic heterocycles. The Kier molecular flexibility index (Phi) is 6.71. The summed E-state index contributed by atoms with van der Waals surface area (Å²) in [6.07, 6.45) is 5.68. The Morgan fingerprint density at radius 2 is 2.10 bits per heavy atom. The second kappa shape index (κ2) is 9.65. The molecule has 8 heteroatoms. The zero-order valence-corrected chi connectivity index (χ0v) is 19.3. The fraction of sp³-hybridized carbons (Fsp3) is 0.261. The molecule has 0 unspecified atom stereocenters. The lowest BCUT2D eigenvalue weighted by Gasteiger charge is -2.12. The number of aromatic nitrogens is 1. The van der Waals surface area contributed by atoms with E-state index < -0.39 is 0 Å². The minimum Gasteiger partial charge on any atom is -0.462 e. The Morgan fingerprint density at radius 3 is 2.84 bits per heavy atom. The lowest BCUT2D eigenvalue weighted by atomic mass is 9.95. The Morgan fingerprint density at radius 1 is 1.32 bits per heavy atom. The van der Waals surface area contributed by atoms with E-state index in [1.165, 1.54) is 16.2 Å². The van der Waals surface area contributed by atoms with E-state index in [1.54, 1.807) is 24.5 Å². The molecule has 0 radical (unpaired) electrons. The third kappa shape index (κ3) is 4.67. The van der Waals surface area contributed by atoms with Gasteiger partial charge >= 0.3 is 5.97 Å². The van der Waals surface area contributed by atoms with Gasteiger partial charge < -0.3 is 10.1 Å². The van der Waals surface area contributed by atoms with Crippen LogP contribution in [0.5, 0.6) is 0 Å². The lowest BCUT2D eigenvalue weighted by molar-refractivity contribution is 0.0526. The number of thiazole rings is 1. The highest BCUT2D eigenvalue weighted by Gasteiger charge is 2.26. The van der Waals surface area contributed by atoms with Crippen molar-refractivity contribution < 1.29 is 9.53 Å². The molecule has 0 atom stereocenters. The van der Waals surface area contributed by atoms with E-state index in [1.807, 2.05) is 29.6 Å². The summed E-state index contributed by atoms with van der Waals surface area (Å²) in [5, 5.41) is 16.8. The SMILES string of the molecule is CCOC(=O)c1c(NC=C(C#N)c2nc(-c3ccc(Cl)cc3)cs2)sc2c1CCCC2. The van der Waals surface area contributed by atoms with Crippen LogP contribution in [0.25, 0.3) is 16.8 Å². The zero-order valence-electron chi connectivity index (χ0n) is 16.9. The number of anilines is 1. The molecule has 1 aliphatic rings. The molecule has 0 saturated heterocycles. The molecule has 31 heavy (non-hydrogen) atoms. The summed E-state index contributed by atoms with van der Waals surface area (Å²) in [5.74, 6) is -0.310. The second-order valence-corrected chi connectivity index (χ2v) is 9.39. The van der Waals surface area contributed by atoms with Gasteiger partial charge in [0.2, 0.25) is 0 Å². The van der Waals surface area contributed by atoms with Crippen molar-refractivity contribution in [1.82, 2.24) is 4.98 Å². The average Bonchev–Trinajstić information content (AvgIpc) is 3.40. The Bertz CT molecular complexity index is 1170. The van der Waals surface area contributed by atoms with Crippen molar-refractivity contribution in [1.29, 1.82) is 5.26 Å². The predicted molar refractivity (Wildman–Crippen MR) is 127 cm³/mol. The molecule has 3 aromatic rings. The number of halogens is 1. The molecule has 1 aromatic carbocycles. The van der Waals surface area contributed by atoms with Crippen LogP contribution in [0.3, 0.4) is 0 Å². The average molecular weight is 470 g/mol. The third-order valence-electron chi connectivity index (χ3n) is 4.99. The van der Waals surface area contributed by atoms with Gasteiger partial charge in [-0.05, 0) is 50.3 Å². The second-order valence-electron chi connectivity index (χ2n) is 6.99. The maximum atomic E-state index is 12.6. The minimum absolute atomic E-state index is 0.310. The van der Waals surface area contributed by atoms with E-state index in [0.717, 1.165) is 47.5 Å². The summed E-state index contributed by atoms with van der Waals surface area (Å²) in [7, 11) is 0. The van der Waals surface area contributed by atoms with Crippen LogP contribution in [-0.2, 0) is 17.6 Å². The minimum atomic E-state index is -0.310. The van der Waals surface area contributed by atoms with Gasteiger partial charge in [-0.15, -0.1) is 22.7 Å². The molecule has 0 fully saturated rings. The number of esters is 1. The first-order valence-electron chi connectivity index (χ1n) is 10.0. The smallest absolute Gasteiger partial charge is 0.341 e. The Hall–Kier alpha value is -2.66. The van der Waals surface area contributed by atoms with Crippen LogP contribution in [0.15, 0.2) is 35.8 Å². The fourth-order valence-electron chi connectivity index (χ4n) is 3.52. The van der Waals surface area contributed by atoms with E-state index in [2.05, 4.69) is 16.4 Å². The van der Waals surface area contributed by atoms with Gasteiger partial charge in [-0.25, -0.2) is 9.78 Å². The summed E-state index contributed by atoms with van der Waals surface area (Å²) in [6, 6.07) is 9.64. The van der Waals surface area contributed by atoms with Crippen LogP contribution in [0, 0.1) is 11.3 Å². The zero-order chi connectivity index (χ0) is 21.8. The predicted octanol–water partition coefficient (Wildman–Crippen LogP) is 6.56. The van der Waals surface area contributed by atoms with Gasteiger partial charge in [0.15, 0.2) is 0 Å². The normalized spacial score (nSPS) is 13.4. The van der Waals surface area contributed by atoms with Crippen molar-refractivity contribution in [2.45, 2.75) is 32.6 Å². The Balaban J connectivity index is 1.62. The number of allylic oxidation sites excluding steroid dienone is 1. The summed E-state index contributed by atoms with van der Waals surface area (Å²) < 4.78 is 5.29. The van der Waals surface area contributed by atoms with Gasteiger partial charge in [-0.1, -0.05) is 23.7 Å². The number of nitrogens with zero attached hydrogens (tertiary/aromatic N) is 2. The number of fused-ring (bicyclic) bond motifs is 1. The molecular formula is C23H20ClN3O2S2. The van der Waals surface area contributed by atoms with Crippen LogP contribution in [0.1, 0.15) is 45.6 Å². The van der Waals surface area contributed by atoms with Crippen molar-refractivity contribution in [3.63, 3.8) is 0 Å². The third-order valence-corrected chi connectivity index (χ3v) is 7.34. The number of hydrogen-bond acceptors (Lipinski definition) is 7. The first-order valence-corrected chi connectivity index (χ1v) is 12.1. The standard InChI is InChI=1S/C23H20ClN3O2S2/c1-2-29-23(28)20-17-5-3-4-6-19(17)31-22(20)26-12-15(11-25)21-27-18(13-30-21)14-7-9-16(24)10-8-14/h7-10,12-13,26H,2-6H2,1H3. The number of carbonyl (C=O) groups excluding carboxylic acids is 1. The molecule has 1 N–H and O–H groups in total. The number of nitrogens with one attached hydrogen (secondary N) is 1. The molecular weight excluding hydrogens is 450 g/mol. The molecule has 4 rings (SSSR count). The molecule has 0 saturated carbocycles. The van der Waals surface area contributed by atoms with Crippen molar-refractivity contribution in [3.8, 4) is 17.3 Å². The fourth-order valence-corrected chi connectivity index (χ4v) is 5.68. The molecule has 2 aromatic heterocycles. The summed E-state index contributed by atoms with van der Waals surface area (Å²) in [6.45, 7) is 2.13. The van der Waals surface area contributed by atoms with Crippen molar-refractivity contribution >= 4 is 50.8 Å². The van der Waals surface area contributed by atoms with Gasteiger partial charge in [-0.2, -0.15) is 5.26 Å². The van der Waals surface area contributed by atoms with E-state index in [9.17, 15) is 10.1 Å². The highest BCUT2D eigenvalue weighted by atomic mass is 35.5. The van der Waals surface area contributed by atoms with E-state index in [0.29, 0.717) is 27.8 Å². The molecule has 0 spiro atoms. The molecule has 5 nitrogen and oxygen atoms in total. The van der Waals surface area contributed by atoms with Crippen LogP contribution < -0.4 is 5.32 Å². The highest BCUT2D eigenvalue weighted by molar-refractivity contribution is 7.16. The molecule has 0 bridgehead atoms. The van der Waals surface area contributed by atoms with Crippen LogP contribution in [0.4, 0.5) is 5.00 Å². The topological polar surface area (TPSA) is 75.0 Å². The molecule has 0 amide bonds. The monoisotopic (exact) mass is 469 g/mol. The van der Waals surface area contributed by atoms with Crippen LogP contribution in [-0.4, -0.2) is 17.6 Å². The summed E-state index contributed by atoms with van der Waals surface area (Å²) in [4.78, 5) is 18.4. The van der Waals surface area contributed by atoms with E-state index in [-0.39, 0.29) is 5.97 Å². The maximum Gasteiger partial charge on any atom is 0.341 e. The van der Waals surface area contributed by atoms with Gasteiger partial charge in [0, 0.05) is 27.0 Å². The number of carbonyl (C=O) groups is 1. The van der Waals surface area contributed by atoms with E-state index in [4.69, 9.17) is 16.3 Å². The van der Waals surface area contributed by atoms with Gasteiger partial charge in [0.05, 0.1) is 17.9 Å². The summed E-state index contributed by atoms with van der Waals surface area (Å²) in [5.41, 5.74) is 3.83. The number of ether oxygens (including phenoxy) is 1. The highest BCUT2D eigenvalue weighted by Crippen LogP contribution is 2.39. The van der Waals surface area contributed by atoms with Gasteiger partial charge in [-0.3, -0.25) is 0 Å². The molecule has 158 valence electrons. The first kappa shape index (κ1) is 21.6. The molecule has 2 heterocycles. The number of rotatable bonds is 6. The largest absolute Gasteiger partial charge is 0.462 e. The number of nitriles is 1. The number of thiophene rings is 1. The Labute approximate surface area is 194 Å². The van der Waals surface area contributed by atoms with Crippen molar-refractivity contribution in [2.24, 2.45) is 0 Å².